The van der Waals surface area contributed by atoms with Gasteiger partial charge in [-0.05, 0) is 6.07 Å². The molecule has 0 atom stereocenters. The van der Waals surface area contributed by atoms with Gasteiger partial charge >= 0.3 is 5.63 Å². The van der Waals surface area contributed by atoms with Gasteiger partial charge in [0, 0.05) is 17.5 Å². The third-order valence-corrected chi connectivity index (χ3v) is 2.10. The van der Waals surface area contributed by atoms with Crippen molar-refractivity contribution in [3.05, 3.63) is 44.8 Å². The fraction of sp³-hybridized carbons (Fsp3) is 0.100. The van der Waals surface area contributed by atoms with Crippen LogP contribution in [0.4, 0.5) is 5.69 Å². The molecule has 6 nitrogen and oxygen atoms in total. The molecule has 0 spiro atoms. The quantitative estimate of drug-likeness (QED) is 0.438. The Kier molecular flexibility index (Phi) is 2.32. The van der Waals surface area contributed by atoms with Crippen LogP contribution in [-0.2, 0) is 0 Å². The van der Waals surface area contributed by atoms with Gasteiger partial charge in [0.2, 0.25) is 0 Å². The summed E-state index contributed by atoms with van der Waals surface area (Å²) < 4.78 is 9.85. The summed E-state index contributed by atoms with van der Waals surface area (Å²) in [5.74, 6) is 0.168. The Morgan fingerprint density at radius 3 is 2.75 bits per heavy atom. The third kappa shape index (κ3) is 1.60. The van der Waals surface area contributed by atoms with E-state index in [1.165, 1.54) is 31.4 Å². The lowest BCUT2D eigenvalue weighted by atomic mass is 10.2. The lowest BCUT2D eigenvalue weighted by molar-refractivity contribution is -0.384. The van der Waals surface area contributed by atoms with Crippen molar-refractivity contribution in [2.24, 2.45) is 0 Å². The number of non-ortho nitro benzene ring substituents is 1. The number of fused-ring (bicyclic) bond motifs is 1. The average molecular weight is 221 g/mol. The lowest BCUT2D eigenvalue weighted by Gasteiger charge is -2.03. The van der Waals surface area contributed by atoms with Gasteiger partial charge in [-0.3, -0.25) is 10.1 Å². The van der Waals surface area contributed by atoms with E-state index in [2.05, 4.69) is 0 Å². The monoisotopic (exact) mass is 221 g/mol. The van der Waals surface area contributed by atoms with Crippen LogP contribution in [0.15, 0.2) is 33.5 Å². The van der Waals surface area contributed by atoms with Crippen molar-refractivity contribution < 1.29 is 14.1 Å². The number of hydrogen-bond acceptors (Lipinski definition) is 5. The summed E-state index contributed by atoms with van der Waals surface area (Å²) in [4.78, 5) is 21.1. The topological polar surface area (TPSA) is 82.6 Å². The number of nitro benzene ring substituents is 1. The molecular weight excluding hydrogens is 214 g/mol. The highest BCUT2D eigenvalue weighted by molar-refractivity contribution is 5.85. The molecule has 0 saturated heterocycles. The molecule has 0 fully saturated rings. The average Bonchev–Trinajstić information content (AvgIpc) is 2.27. The van der Waals surface area contributed by atoms with Crippen LogP contribution in [0, 0.1) is 10.1 Å². The van der Waals surface area contributed by atoms with Crippen molar-refractivity contribution in [2.75, 3.05) is 7.11 Å². The summed E-state index contributed by atoms with van der Waals surface area (Å²) in [5.41, 5.74) is -0.432. The molecule has 1 aromatic heterocycles. The van der Waals surface area contributed by atoms with Crippen LogP contribution in [0.2, 0.25) is 0 Å². The van der Waals surface area contributed by atoms with Crippen molar-refractivity contribution >= 4 is 16.7 Å². The number of methoxy groups -OCH3 is 1. The summed E-state index contributed by atoms with van der Waals surface area (Å²) >= 11 is 0. The summed E-state index contributed by atoms with van der Waals surface area (Å²) in [5, 5.41) is 11.1. The van der Waals surface area contributed by atoms with Gasteiger partial charge in [0.05, 0.1) is 18.1 Å². The first-order valence-electron chi connectivity index (χ1n) is 4.38. The molecule has 0 aliphatic heterocycles. The predicted molar refractivity (Wildman–Crippen MR) is 55.7 cm³/mol. The first kappa shape index (κ1) is 10.2. The number of nitro groups is 1. The molecule has 0 aliphatic carbocycles. The maximum absolute atomic E-state index is 11.0. The number of rotatable bonds is 2. The van der Waals surface area contributed by atoms with E-state index >= 15 is 0 Å². The van der Waals surface area contributed by atoms with Crippen molar-refractivity contribution in [3.63, 3.8) is 0 Å². The van der Waals surface area contributed by atoms with Crippen molar-refractivity contribution in [1.29, 1.82) is 0 Å². The Morgan fingerprint density at radius 1 is 1.38 bits per heavy atom. The predicted octanol–water partition coefficient (Wildman–Crippen LogP) is 1.71. The van der Waals surface area contributed by atoms with Crippen LogP contribution in [0.3, 0.4) is 0 Å². The summed E-state index contributed by atoms with van der Waals surface area (Å²) in [6.45, 7) is 0. The molecule has 0 N–H and O–H groups in total. The van der Waals surface area contributed by atoms with E-state index in [9.17, 15) is 14.9 Å². The van der Waals surface area contributed by atoms with Gasteiger partial charge in [0.15, 0.2) is 11.3 Å². The Morgan fingerprint density at radius 2 is 2.12 bits per heavy atom. The zero-order valence-corrected chi connectivity index (χ0v) is 8.30. The Labute approximate surface area is 89.2 Å². The molecule has 6 heteroatoms. The molecular formula is C10H7NO5. The van der Waals surface area contributed by atoms with Crippen LogP contribution >= 0.6 is 0 Å². The highest BCUT2D eigenvalue weighted by Gasteiger charge is 2.13. The van der Waals surface area contributed by atoms with Crippen LogP contribution in [-0.4, -0.2) is 12.0 Å². The van der Waals surface area contributed by atoms with Crippen molar-refractivity contribution in [2.45, 2.75) is 0 Å². The van der Waals surface area contributed by atoms with Gasteiger partial charge in [-0.2, -0.15) is 0 Å². The summed E-state index contributed by atoms with van der Waals surface area (Å²) in [7, 11) is 1.35. The smallest absolute Gasteiger partial charge is 0.336 e. The second-order valence-corrected chi connectivity index (χ2v) is 3.08. The fourth-order valence-electron chi connectivity index (χ4n) is 1.39. The van der Waals surface area contributed by atoms with Gasteiger partial charge in [-0.1, -0.05) is 0 Å². The van der Waals surface area contributed by atoms with Crippen LogP contribution in [0.25, 0.3) is 11.0 Å². The second-order valence-electron chi connectivity index (χ2n) is 3.08. The minimum Gasteiger partial charge on any atom is -0.493 e. The maximum atomic E-state index is 11.0. The number of nitrogens with zero attached hydrogens (tertiary/aromatic N) is 1. The van der Waals surface area contributed by atoms with E-state index in [4.69, 9.17) is 9.15 Å². The fourth-order valence-corrected chi connectivity index (χ4v) is 1.39. The first-order chi connectivity index (χ1) is 7.61. The molecule has 0 bridgehead atoms. The van der Waals surface area contributed by atoms with Gasteiger partial charge < -0.3 is 9.15 Å². The Balaban J connectivity index is 2.83. The molecule has 2 rings (SSSR count). The number of hydrogen-bond donors (Lipinski definition) is 0. The highest BCUT2D eigenvalue weighted by Crippen LogP contribution is 2.29. The maximum Gasteiger partial charge on any atom is 0.336 e. The van der Waals surface area contributed by atoms with Crippen LogP contribution in [0.5, 0.6) is 5.75 Å². The van der Waals surface area contributed by atoms with E-state index in [1.807, 2.05) is 0 Å². The van der Waals surface area contributed by atoms with Crippen molar-refractivity contribution in [1.82, 2.24) is 0 Å². The van der Waals surface area contributed by atoms with E-state index in [-0.39, 0.29) is 17.0 Å². The third-order valence-electron chi connectivity index (χ3n) is 2.10. The first-order valence-corrected chi connectivity index (χ1v) is 4.38. The van der Waals surface area contributed by atoms with Gasteiger partial charge in [0.25, 0.3) is 5.69 Å². The second kappa shape index (κ2) is 3.65. The molecule has 2 aromatic rings. The minimum atomic E-state index is -0.535. The van der Waals surface area contributed by atoms with E-state index < -0.39 is 10.5 Å². The molecule has 16 heavy (non-hydrogen) atoms. The standard InChI is InChI=1S/C10H7NO5/c1-15-8-5-7(11(13)14)4-6-2-3-9(12)16-10(6)8/h2-5H,1H3. The molecule has 1 aromatic carbocycles. The van der Waals surface area contributed by atoms with Gasteiger partial charge in [-0.25, -0.2) is 4.79 Å². The van der Waals surface area contributed by atoms with Crippen molar-refractivity contribution in [3.8, 4) is 5.75 Å². The summed E-state index contributed by atoms with van der Waals surface area (Å²) in [6.07, 6.45) is 0. The van der Waals surface area contributed by atoms with Crippen LogP contribution < -0.4 is 10.4 Å². The normalized spacial score (nSPS) is 10.3. The van der Waals surface area contributed by atoms with E-state index in [1.54, 1.807) is 0 Å². The number of ether oxygens (including phenoxy) is 1. The molecule has 0 radical (unpaired) electrons. The molecule has 0 amide bonds. The van der Waals surface area contributed by atoms with Gasteiger partial charge in [-0.15, -0.1) is 0 Å². The molecule has 0 aliphatic rings. The van der Waals surface area contributed by atoms with Gasteiger partial charge in [0.1, 0.15) is 0 Å². The highest BCUT2D eigenvalue weighted by atomic mass is 16.6. The molecule has 0 saturated carbocycles. The minimum absolute atomic E-state index is 0.113. The zero-order chi connectivity index (χ0) is 11.7. The SMILES string of the molecule is COc1cc([N+](=O)[O-])cc2ccc(=O)oc12. The molecule has 82 valence electrons. The number of benzene rings is 1. The Hall–Kier alpha value is -2.37. The molecule has 0 unspecified atom stereocenters. The summed E-state index contributed by atoms with van der Waals surface area (Å²) in [6, 6.07) is 5.19. The van der Waals surface area contributed by atoms with E-state index in [0.717, 1.165) is 0 Å². The molecule has 1 heterocycles. The zero-order valence-electron chi connectivity index (χ0n) is 8.30. The Bertz CT molecular complexity index is 616. The largest absolute Gasteiger partial charge is 0.493 e. The van der Waals surface area contributed by atoms with E-state index in [0.29, 0.717) is 5.39 Å². The lowest BCUT2D eigenvalue weighted by Crippen LogP contribution is -1.97. The van der Waals surface area contributed by atoms with Crippen LogP contribution in [0.1, 0.15) is 0 Å².